The zero-order valence-electron chi connectivity index (χ0n) is 7.49. The van der Waals surface area contributed by atoms with Crippen LogP contribution in [0.25, 0.3) is 0 Å². The number of H-pyrrole nitrogens is 1. The zero-order chi connectivity index (χ0) is 9.97. The third-order valence-electron chi connectivity index (χ3n) is 2.09. The molecule has 0 unspecified atom stereocenters. The molecule has 1 aliphatic rings. The van der Waals surface area contributed by atoms with Crippen LogP contribution in [0.3, 0.4) is 0 Å². The number of hydrogen-bond donors (Lipinski definition) is 1. The van der Waals surface area contributed by atoms with Gasteiger partial charge in [0, 0.05) is 24.6 Å². The van der Waals surface area contributed by atoms with E-state index in [1.807, 2.05) is 11.8 Å². The van der Waals surface area contributed by atoms with Crippen LogP contribution in [0.5, 0.6) is 0 Å². The van der Waals surface area contributed by atoms with Crippen LogP contribution in [0.15, 0.2) is 11.1 Å². The Labute approximate surface area is 99.6 Å². The Bertz CT molecular complexity index is 375. The standard InChI is InChI=1S/C8H10IN3OS/c9-6-7(10-5-11-8(6)13)12-1-3-14-4-2-12/h5H,1-4H2,(H,10,11,13). The summed E-state index contributed by atoms with van der Waals surface area (Å²) in [6.07, 6.45) is 1.47. The van der Waals surface area contributed by atoms with Crippen LogP contribution < -0.4 is 10.5 Å². The molecule has 76 valence electrons. The number of rotatable bonds is 1. The molecule has 2 rings (SSSR count). The second kappa shape index (κ2) is 4.52. The molecule has 1 fully saturated rings. The van der Waals surface area contributed by atoms with Gasteiger partial charge < -0.3 is 9.88 Å². The first-order chi connectivity index (χ1) is 6.79. The molecule has 0 spiro atoms. The fourth-order valence-corrected chi connectivity index (χ4v) is 2.91. The van der Waals surface area contributed by atoms with Gasteiger partial charge in [0.1, 0.15) is 9.39 Å². The van der Waals surface area contributed by atoms with Crippen LogP contribution in [-0.2, 0) is 0 Å². The van der Waals surface area contributed by atoms with Gasteiger partial charge in [-0.1, -0.05) is 0 Å². The van der Waals surface area contributed by atoms with Gasteiger partial charge in [0.05, 0.1) is 6.33 Å². The third-order valence-corrected chi connectivity index (χ3v) is 4.00. The van der Waals surface area contributed by atoms with E-state index in [1.54, 1.807) is 0 Å². The van der Waals surface area contributed by atoms with E-state index < -0.39 is 0 Å². The summed E-state index contributed by atoms with van der Waals surface area (Å²) in [6, 6.07) is 0. The first-order valence-electron chi connectivity index (χ1n) is 4.35. The average molecular weight is 323 g/mol. The second-order valence-electron chi connectivity index (χ2n) is 2.97. The highest BCUT2D eigenvalue weighted by molar-refractivity contribution is 14.1. The topological polar surface area (TPSA) is 49.0 Å². The lowest BCUT2D eigenvalue weighted by Crippen LogP contribution is -2.35. The largest absolute Gasteiger partial charge is 0.354 e. The Morgan fingerprint density at radius 3 is 2.93 bits per heavy atom. The lowest BCUT2D eigenvalue weighted by Gasteiger charge is -2.27. The molecule has 2 heterocycles. The maximum absolute atomic E-state index is 11.3. The van der Waals surface area contributed by atoms with E-state index in [4.69, 9.17) is 0 Å². The number of anilines is 1. The van der Waals surface area contributed by atoms with E-state index in [-0.39, 0.29) is 5.56 Å². The quantitative estimate of drug-likeness (QED) is 0.781. The molecule has 0 saturated carbocycles. The molecule has 0 aromatic carbocycles. The highest BCUT2D eigenvalue weighted by Gasteiger charge is 2.16. The minimum absolute atomic E-state index is 0.0474. The first-order valence-corrected chi connectivity index (χ1v) is 6.58. The van der Waals surface area contributed by atoms with Gasteiger partial charge in [-0.3, -0.25) is 4.79 Å². The predicted molar refractivity (Wildman–Crippen MR) is 67.1 cm³/mol. The number of nitrogens with one attached hydrogen (secondary N) is 1. The van der Waals surface area contributed by atoms with Crippen molar-refractivity contribution in [2.45, 2.75) is 0 Å². The van der Waals surface area contributed by atoms with Crippen LogP contribution in [0.1, 0.15) is 0 Å². The Kier molecular flexibility index (Phi) is 3.32. The van der Waals surface area contributed by atoms with Crippen molar-refractivity contribution >= 4 is 40.2 Å². The van der Waals surface area contributed by atoms with E-state index in [2.05, 4.69) is 37.5 Å². The Balaban J connectivity index is 2.30. The molecule has 0 bridgehead atoms. The number of nitrogens with zero attached hydrogens (tertiary/aromatic N) is 2. The van der Waals surface area contributed by atoms with E-state index in [9.17, 15) is 4.79 Å². The van der Waals surface area contributed by atoms with Gasteiger partial charge in [0.15, 0.2) is 0 Å². The second-order valence-corrected chi connectivity index (χ2v) is 5.27. The van der Waals surface area contributed by atoms with Crippen molar-refractivity contribution in [1.82, 2.24) is 9.97 Å². The molecule has 4 nitrogen and oxygen atoms in total. The van der Waals surface area contributed by atoms with Crippen molar-refractivity contribution in [2.75, 3.05) is 29.5 Å². The number of aromatic nitrogens is 2. The molecule has 1 aromatic rings. The fourth-order valence-electron chi connectivity index (χ4n) is 1.37. The molecule has 14 heavy (non-hydrogen) atoms. The summed E-state index contributed by atoms with van der Waals surface area (Å²) in [7, 11) is 0. The van der Waals surface area contributed by atoms with Crippen LogP contribution in [0.4, 0.5) is 5.82 Å². The molecule has 0 amide bonds. The van der Waals surface area contributed by atoms with E-state index >= 15 is 0 Å². The number of halogens is 1. The summed E-state index contributed by atoms with van der Waals surface area (Å²) >= 11 is 4.00. The molecule has 0 radical (unpaired) electrons. The summed E-state index contributed by atoms with van der Waals surface area (Å²) in [4.78, 5) is 20.3. The normalized spacial score (nSPS) is 17.1. The Hall–Kier alpha value is -0.240. The van der Waals surface area contributed by atoms with Gasteiger partial charge in [-0.15, -0.1) is 0 Å². The molecular formula is C8H10IN3OS. The van der Waals surface area contributed by atoms with Crippen molar-refractivity contribution in [3.05, 3.63) is 20.3 Å². The van der Waals surface area contributed by atoms with Gasteiger partial charge in [-0.05, 0) is 22.6 Å². The Morgan fingerprint density at radius 1 is 1.50 bits per heavy atom. The first kappa shape index (κ1) is 10.3. The molecule has 6 heteroatoms. The summed E-state index contributed by atoms with van der Waals surface area (Å²) in [5.41, 5.74) is -0.0474. The predicted octanol–water partition coefficient (Wildman–Crippen LogP) is 0.928. The van der Waals surface area contributed by atoms with Gasteiger partial charge in [0.2, 0.25) is 0 Å². The van der Waals surface area contributed by atoms with Crippen LogP contribution in [0.2, 0.25) is 0 Å². The minimum atomic E-state index is -0.0474. The van der Waals surface area contributed by atoms with Crippen molar-refractivity contribution < 1.29 is 0 Å². The molecule has 1 N–H and O–H groups in total. The van der Waals surface area contributed by atoms with Gasteiger partial charge in [-0.2, -0.15) is 11.8 Å². The summed E-state index contributed by atoms with van der Waals surface area (Å²) < 4.78 is 0.692. The van der Waals surface area contributed by atoms with Gasteiger partial charge in [-0.25, -0.2) is 4.98 Å². The van der Waals surface area contributed by atoms with Crippen LogP contribution in [0, 0.1) is 3.57 Å². The highest BCUT2D eigenvalue weighted by Crippen LogP contribution is 2.19. The molecule has 0 aliphatic carbocycles. The third kappa shape index (κ3) is 2.05. The Morgan fingerprint density at radius 2 is 2.21 bits per heavy atom. The highest BCUT2D eigenvalue weighted by atomic mass is 127. The van der Waals surface area contributed by atoms with E-state index in [0.717, 1.165) is 30.4 Å². The zero-order valence-corrected chi connectivity index (χ0v) is 10.5. The number of hydrogen-bond acceptors (Lipinski definition) is 4. The lowest BCUT2D eigenvalue weighted by molar-refractivity contribution is 0.827. The van der Waals surface area contributed by atoms with Gasteiger partial charge in [0.25, 0.3) is 5.56 Å². The number of thioether (sulfide) groups is 1. The molecular weight excluding hydrogens is 313 g/mol. The summed E-state index contributed by atoms with van der Waals surface area (Å²) in [5, 5.41) is 0. The SMILES string of the molecule is O=c1[nH]cnc(N2CCSCC2)c1I. The lowest BCUT2D eigenvalue weighted by atomic mass is 10.4. The van der Waals surface area contributed by atoms with Crippen molar-refractivity contribution in [1.29, 1.82) is 0 Å². The maximum Gasteiger partial charge on any atom is 0.266 e. The molecule has 0 atom stereocenters. The number of aromatic amines is 1. The molecule has 1 saturated heterocycles. The smallest absolute Gasteiger partial charge is 0.266 e. The van der Waals surface area contributed by atoms with Crippen molar-refractivity contribution in [3.63, 3.8) is 0 Å². The van der Waals surface area contributed by atoms with Crippen LogP contribution in [-0.4, -0.2) is 34.6 Å². The monoisotopic (exact) mass is 323 g/mol. The summed E-state index contributed by atoms with van der Waals surface area (Å²) in [6.45, 7) is 1.97. The van der Waals surface area contributed by atoms with E-state index in [1.165, 1.54) is 6.33 Å². The summed E-state index contributed by atoms with van der Waals surface area (Å²) in [5.74, 6) is 3.06. The van der Waals surface area contributed by atoms with Crippen molar-refractivity contribution in [3.8, 4) is 0 Å². The molecule has 1 aromatic heterocycles. The van der Waals surface area contributed by atoms with E-state index in [0.29, 0.717) is 3.57 Å². The minimum Gasteiger partial charge on any atom is -0.354 e. The maximum atomic E-state index is 11.3. The average Bonchev–Trinajstić information content (AvgIpc) is 2.23. The van der Waals surface area contributed by atoms with Gasteiger partial charge >= 0.3 is 0 Å². The molecule has 1 aliphatic heterocycles. The van der Waals surface area contributed by atoms with Crippen LogP contribution >= 0.6 is 34.4 Å². The van der Waals surface area contributed by atoms with Crippen molar-refractivity contribution in [2.24, 2.45) is 0 Å². The fraction of sp³-hybridized carbons (Fsp3) is 0.500.